The fourth-order valence-corrected chi connectivity index (χ4v) is 1.73. The highest BCUT2D eigenvalue weighted by atomic mass is 19.4. The highest BCUT2D eigenvalue weighted by Crippen LogP contribution is 2.28. The van der Waals surface area contributed by atoms with Crippen molar-refractivity contribution in [1.82, 2.24) is 19.4 Å². The summed E-state index contributed by atoms with van der Waals surface area (Å²) in [6.45, 7) is 0. The minimum Gasteiger partial charge on any atom is -0.282 e. The minimum absolute atomic E-state index is 0.00419. The van der Waals surface area contributed by atoms with Gasteiger partial charge in [0.05, 0.1) is 17.6 Å². The van der Waals surface area contributed by atoms with E-state index in [4.69, 9.17) is 0 Å². The number of imidazole rings is 1. The minimum atomic E-state index is -4.47. The van der Waals surface area contributed by atoms with Gasteiger partial charge in [-0.05, 0) is 18.2 Å². The molecule has 3 aromatic heterocycles. The summed E-state index contributed by atoms with van der Waals surface area (Å²) >= 11 is 0. The van der Waals surface area contributed by atoms with Crippen LogP contribution in [-0.2, 0) is 6.18 Å². The summed E-state index contributed by atoms with van der Waals surface area (Å²) in [5, 5.41) is 0. The third-order valence-electron chi connectivity index (χ3n) is 2.60. The zero-order chi connectivity index (χ0) is 13.5. The smallest absolute Gasteiger partial charge is 0.282 e. The zero-order valence-corrected chi connectivity index (χ0v) is 9.46. The van der Waals surface area contributed by atoms with Gasteiger partial charge >= 0.3 is 6.18 Å². The molecule has 0 radical (unpaired) electrons. The van der Waals surface area contributed by atoms with Crippen LogP contribution in [0, 0.1) is 0 Å². The molecule has 3 aromatic rings. The van der Waals surface area contributed by atoms with Crippen molar-refractivity contribution in [1.29, 1.82) is 0 Å². The normalized spacial score (nSPS) is 11.9. The lowest BCUT2D eigenvalue weighted by Crippen LogP contribution is -2.09. The van der Waals surface area contributed by atoms with Crippen LogP contribution in [0.5, 0.6) is 0 Å². The molecule has 19 heavy (non-hydrogen) atoms. The van der Waals surface area contributed by atoms with Gasteiger partial charge in [0.15, 0.2) is 0 Å². The predicted octanol–water partition coefficient (Wildman–Crippen LogP) is 2.81. The highest BCUT2D eigenvalue weighted by molar-refractivity contribution is 5.57. The van der Waals surface area contributed by atoms with Gasteiger partial charge in [-0.1, -0.05) is 6.07 Å². The Labute approximate surface area is 105 Å². The molecule has 0 amide bonds. The molecule has 0 aromatic carbocycles. The standard InChI is InChI=1S/C12H7F3N4/c13-12(14,15)10-4-6-19-9(7-17-11(19)18-10)8-3-1-2-5-16-8/h1-7H. The number of hydrogen-bond donors (Lipinski definition) is 0. The van der Waals surface area contributed by atoms with Gasteiger partial charge in [0.2, 0.25) is 5.78 Å². The Kier molecular flexibility index (Phi) is 2.48. The summed E-state index contributed by atoms with van der Waals surface area (Å²) < 4.78 is 39.1. The van der Waals surface area contributed by atoms with Crippen molar-refractivity contribution in [2.45, 2.75) is 6.18 Å². The van der Waals surface area contributed by atoms with Crippen molar-refractivity contribution in [3.63, 3.8) is 0 Å². The molecule has 0 aliphatic carbocycles. The summed E-state index contributed by atoms with van der Waals surface area (Å²) in [5.74, 6) is -0.00419. The Morgan fingerprint density at radius 2 is 1.89 bits per heavy atom. The quantitative estimate of drug-likeness (QED) is 0.678. The van der Waals surface area contributed by atoms with Crippen LogP contribution in [0.15, 0.2) is 42.9 Å². The molecule has 0 saturated carbocycles. The molecule has 0 aliphatic rings. The first-order valence-electron chi connectivity index (χ1n) is 5.38. The van der Waals surface area contributed by atoms with E-state index in [1.807, 2.05) is 0 Å². The number of fused-ring (bicyclic) bond motifs is 1. The predicted molar refractivity (Wildman–Crippen MR) is 61.2 cm³/mol. The average molecular weight is 264 g/mol. The van der Waals surface area contributed by atoms with Crippen molar-refractivity contribution >= 4 is 5.78 Å². The van der Waals surface area contributed by atoms with E-state index in [0.29, 0.717) is 11.4 Å². The van der Waals surface area contributed by atoms with Crippen LogP contribution < -0.4 is 0 Å². The van der Waals surface area contributed by atoms with E-state index < -0.39 is 11.9 Å². The lowest BCUT2D eigenvalue weighted by atomic mass is 10.3. The average Bonchev–Trinajstić information content (AvgIpc) is 2.81. The summed E-state index contributed by atoms with van der Waals surface area (Å²) in [6, 6.07) is 6.22. The van der Waals surface area contributed by atoms with E-state index >= 15 is 0 Å². The molecule has 0 spiro atoms. The molecular formula is C12H7F3N4. The molecule has 0 aliphatic heterocycles. The molecule has 0 bridgehead atoms. The fraction of sp³-hybridized carbons (Fsp3) is 0.0833. The highest BCUT2D eigenvalue weighted by Gasteiger charge is 2.32. The SMILES string of the molecule is FC(F)(F)c1ccn2c(-c3ccccn3)cnc2n1. The first-order valence-corrected chi connectivity index (χ1v) is 5.38. The van der Waals surface area contributed by atoms with Gasteiger partial charge in [0, 0.05) is 12.4 Å². The van der Waals surface area contributed by atoms with Crippen molar-refractivity contribution in [3.05, 3.63) is 48.5 Å². The van der Waals surface area contributed by atoms with E-state index in [2.05, 4.69) is 15.0 Å². The monoisotopic (exact) mass is 264 g/mol. The molecule has 0 unspecified atom stereocenters. The largest absolute Gasteiger partial charge is 0.433 e. The van der Waals surface area contributed by atoms with Crippen LogP contribution in [0.3, 0.4) is 0 Å². The van der Waals surface area contributed by atoms with Gasteiger partial charge < -0.3 is 0 Å². The second-order valence-electron chi connectivity index (χ2n) is 3.84. The lowest BCUT2D eigenvalue weighted by Gasteiger charge is -2.06. The first kappa shape index (κ1) is 11.6. The maximum Gasteiger partial charge on any atom is 0.433 e. The number of hydrogen-bond acceptors (Lipinski definition) is 3. The van der Waals surface area contributed by atoms with E-state index in [1.54, 1.807) is 24.4 Å². The maximum absolute atomic E-state index is 12.5. The van der Waals surface area contributed by atoms with E-state index in [1.165, 1.54) is 16.8 Å². The van der Waals surface area contributed by atoms with Gasteiger partial charge in [-0.15, -0.1) is 0 Å². The third kappa shape index (κ3) is 2.03. The number of halogens is 3. The van der Waals surface area contributed by atoms with Crippen LogP contribution in [0.2, 0.25) is 0 Å². The van der Waals surface area contributed by atoms with Crippen LogP contribution in [-0.4, -0.2) is 19.4 Å². The molecule has 96 valence electrons. The lowest BCUT2D eigenvalue weighted by molar-refractivity contribution is -0.141. The Bertz CT molecular complexity index is 719. The molecule has 0 saturated heterocycles. The van der Waals surface area contributed by atoms with Crippen molar-refractivity contribution in [2.24, 2.45) is 0 Å². The van der Waals surface area contributed by atoms with Gasteiger partial charge in [-0.3, -0.25) is 9.38 Å². The van der Waals surface area contributed by atoms with Crippen LogP contribution in [0.25, 0.3) is 17.2 Å². The van der Waals surface area contributed by atoms with Gasteiger partial charge in [-0.25, -0.2) is 9.97 Å². The Balaban J connectivity index is 2.16. The molecule has 0 fully saturated rings. The van der Waals surface area contributed by atoms with E-state index in [-0.39, 0.29) is 5.78 Å². The number of alkyl halides is 3. The molecule has 0 atom stereocenters. The number of nitrogens with zero attached hydrogens (tertiary/aromatic N) is 4. The van der Waals surface area contributed by atoms with Crippen LogP contribution in [0.1, 0.15) is 5.69 Å². The topological polar surface area (TPSA) is 43.1 Å². The summed E-state index contributed by atoms with van der Waals surface area (Å²) in [6.07, 6.45) is -0.127. The van der Waals surface area contributed by atoms with Crippen molar-refractivity contribution < 1.29 is 13.2 Å². The Morgan fingerprint density at radius 1 is 1.05 bits per heavy atom. The first-order chi connectivity index (χ1) is 9.05. The zero-order valence-electron chi connectivity index (χ0n) is 9.46. The summed E-state index contributed by atoms with van der Waals surface area (Å²) in [7, 11) is 0. The Hall–Kier alpha value is -2.44. The third-order valence-corrected chi connectivity index (χ3v) is 2.60. The van der Waals surface area contributed by atoms with Gasteiger partial charge in [-0.2, -0.15) is 13.2 Å². The van der Waals surface area contributed by atoms with Gasteiger partial charge in [0.25, 0.3) is 0 Å². The van der Waals surface area contributed by atoms with Crippen molar-refractivity contribution in [3.8, 4) is 11.4 Å². The maximum atomic E-state index is 12.5. The number of rotatable bonds is 1. The second-order valence-corrected chi connectivity index (χ2v) is 3.84. The van der Waals surface area contributed by atoms with Gasteiger partial charge in [0.1, 0.15) is 5.69 Å². The van der Waals surface area contributed by atoms with Crippen molar-refractivity contribution in [2.75, 3.05) is 0 Å². The molecule has 0 N–H and O–H groups in total. The summed E-state index contributed by atoms with van der Waals surface area (Å²) in [4.78, 5) is 11.5. The second kappa shape index (κ2) is 4.04. The van der Waals surface area contributed by atoms with Crippen LogP contribution >= 0.6 is 0 Å². The molecule has 3 rings (SSSR count). The number of aromatic nitrogens is 4. The summed E-state index contributed by atoms with van der Waals surface area (Å²) in [5.41, 5.74) is 0.256. The molecule has 7 heteroatoms. The van der Waals surface area contributed by atoms with E-state index in [0.717, 1.165) is 6.07 Å². The molecule has 4 nitrogen and oxygen atoms in total. The Morgan fingerprint density at radius 3 is 2.58 bits per heavy atom. The number of pyridine rings is 1. The van der Waals surface area contributed by atoms with Crippen LogP contribution in [0.4, 0.5) is 13.2 Å². The molecule has 3 heterocycles. The fourth-order valence-electron chi connectivity index (χ4n) is 1.73. The van der Waals surface area contributed by atoms with E-state index in [9.17, 15) is 13.2 Å². The molecular weight excluding hydrogens is 257 g/mol.